The van der Waals surface area contributed by atoms with E-state index in [1.54, 1.807) is 6.07 Å². The largest absolute Gasteiger partial charge is 0.310 e. The summed E-state index contributed by atoms with van der Waals surface area (Å²) in [7, 11) is 0. The summed E-state index contributed by atoms with van der Waals surface area (Å²) in [5.41, 5.74) is 5.05. The van der Waals surface area contributed by atoms with Gasteiger partial charge in [-0.2, -0.15) is 10.2 Å². The molecule has 1 aromatic carbocycles. The van der Waals surface area contributed by atoms with Crippen molar-refractivity contribution in [2.75, 3.05) is 6.54 Å². The molecule has 1 aliphatic heterocycles. The van der Waals surface area contributed by atoms with E-state index in [0.717, 1.165) is 35.3 Å². The predicted octanol–water partition coefficient (Wildman–Crippen LogP) is 4.54. The molecule has 5 rings (SSSR count). The lowest BCUT2D eigenvalue weighted by molar-refractivity contribution is 0.411. The second-order valence-electron chi connectivity index (χ2n) is 7.80. The summed E-state index contributed by atoms with van der Waals surface area (Å²) in [4.78, 5) is 0. The number of H-pyrrole nitrogens is 1. The molecule has 0 amide bonds. The van der Waals surface area contributed by atoms with E-state index >= 15 is 0 Å². The lowest BCUT2D eigenvalue weighted by atomic mass is 9.93. The minimum absolute atomic E-state index is 0.193. The van der Waals surface area contributed by atoms with Crippen LogP contribution in [0.3, 0.4) is 0 Å². The molecule has 5 nitrogen and oxygen atoms in total. The van der Waals surface area contributed by atoms with Gasteiger partial charge in [-0.1, -0.05) is 12.5 Å². The number of aryl methyl sites for hydroxylation is 1. The van der Waals surface area contributed by atoms with Crippen molar-refractivity contribution in [3.8, 4) is 22.5 Å². The average molecular weight is 365 g/mol. The molecule has 1 unspecified atom stereocenters. The summed E-state index contributed by atoms with van der Waals surface area (Å²) < 4.78 is 17.0. The number of benzene rings is 1. The van der Waals surface area contributed by atoms with Crippen LogP contribution in [0.15, 0.2) is 30.6 Å². The van der Waals surface area contributed by atoms with Crippen LogP contribution in [0.4, 0.5) is 4.39 Å². The van der Waals surface area contributed by atoms with E-state index in [9.17, 15) is 4.39 Å². The Hall–Kier alpha value is -2.47. The van der Waals surface area contributed by atoms with Crippen molar-refractivity contribution in [3.05, 3.63) is 47.5 Å². The van der Waals surface area contributed by atoms with Crippen molar-refractivity contribution in [1.82, 2.24) is 25.3 Å². The van der Waals surface area contributed by atoms with E-state index in [1.807, 2.05) is 30.1 Å². The van der Waals surface area contributed by atoms with Crippen molar-refractivity contribution >= 4 is 0 Å². The zero-order chi connectivity index (χ0) is 18.4. The lowest BCUT2D eigenvalue weighted by Gasteiger charge is -2.24. The van der Waals surface area contributed by atoms with E-state index < -0.39 is 0 Å². The molecular weight excluding hydrogens is 341 g/mol. The fourth-order valence-electron chi connectivity index (χ4n) is 4.06. The molecule has 1 saturated carbocycles. The minimum atomic E-state index is -0.193. The van der Waals surface area contributed by atoms with Crippen molar-refractivity contribution < 1.29 is 4.39 Å². The number of aromatic nitrogens is 4. The molecular formula is C21H24FN5. The maximum absolute atomic E-state index is 15.0. The van der Waals surface area contributed by atoms with Crippen molar-refractivity contribution in [2.45, 2.75) is 51.1 Å². The first kappa shape index (κ1) is 16.7. The van der Waals surface area contributed by atoms with Gasteiger partial charge in [-0.05, 0) is 62.4 Å². The Kier molecular flexibility index (Phi) is 4.08. The highest BCUT2D eigenvalue weighted by Crippen LogP contribution is 2.36. The highest BCUT2D eigenvalue weighted by molar-refractivity contribution is 5.70. The Balaban J connectivity index is 1.44. The van der Waals surface area contributed by atoms with Gasteiger partial charge >= 0.3 is 0 Å². The van der Waals surface area contributed by atoms with Crippen LogP contribution in [-0.2, 0) is 0 Å². The van der Waals surface area contributed by atoms with Gasteiger partial charge in [-0.3, -0.25) is 9.78 Å². The molecule has 0 radical (unpaired) electrons. The SMILES string of the molecule is Cc1cc(C2CCCCN2)cc(F)c1-c1cc(-c2cnn(C3CC3)c2)n[nH]1. The minimum Gasteiger partial charge on any atom is -0.310 e. The van der Waals surface area contributed by atoms with E-state index in [0.29, 0.717) is 17.3 Å². The lowest BCUT2D eigenvalue weighted by Crippen LogP contribution is -2.26. The Bertz CT molecular complexity index is 940. The molecule has 1 aliphatic carbocycles. The number of piperidine rings is 1. The molecule has 2 N–H and O–H groups in total. The fourth-order valence-corrected chi connectivity index (χ4v) is 4.06. The molecule has 0 spiro atoms. The van der Waals surface area contributed by atoms with Crippen molar-refractivity contribution in [2.24, 2.45) is 0 Å². The van der Waals surface area contributed by atoms with E-state index in [4.69, 9.17) is 0 Å². The second-order valence-corrected chi connectivity index (χ2v) is 7.80. The number of nitrogens with zero attached hydrogens (tertiary/aromatic N) is 3. The number of aromatic amines is 1. The van der Waals surface area contributed by atoms with Gasteiger partial charge in [-0.25, -0.2) is 4.39 Å². The first-order valence-electron chi connectivity index (χ1n) is 9.83. The molecule has 0 bridgehead atoms. The highest BCUT2D eigenvalue weighted by atomic mass is 19.1. The Morgan fingerprint density at radius 1 is 1.15 bits per heavy atom. The summed E-state index contributed by atoms with van der Waals surface area (Å²) >= 11 is 0. The zero-order valence-corrected chi connectivity index (χ0v) is 15.5. The third-order valence-corrected chi connectivity index (χ3v) is 5.69. The van der Waals surface area contributed by atoms with Gasteiger partial charge in [0.05, 0.1) is 23.6 Å². The van der Waals surface area contributed by atoms with Crippen LogP contribution in [-0.4, -0.2) is 26.5 Å². The number of rotatable bonds is 4. The molecule has 3 heterocycles. The molecule has 140 valence electrons. The van der Waals surface area contributed by atoms with Gasteiger partial charge in [0.15, 0.2) is 0 Å². The molecule has 2 aliphatic rings. The predicted molar refractivity (Wildman–Crippen MR) is 103 cm³/mol. The van der Waals surface area contributed by atoms with Gasteiger partial charge in [0.1, 0.15) is 5.82 Å². The molecule has 6 heteroatoms. The summed E-state index contributed by atoms with van der Waals surface area (Å²) in [5, 5.41) is 15.3. The van der Waals surface area contributed by atoms with Crippen LogP contribution >= 0.6 is 0 Å². The standard InChI is InChI=1S/C21H24FN5/c1-13-8-14(18-4-2-3-7-23-18)9-17(22)21(13)20-10-19(25-26-20)15-11-24-27(12-15)16-5-6-16/h8-12,16,18,23H,2-7H2,1H3,(H,25,26). The number of hydrogen-bond acceptors (Lipinski definition) is 3. The van der Waals surface area contributed by atoms with Crippen LogP contribution in [0.1, 0.15) is 55.3 Å². The Morgan fingerprint density at radius 3 is 2.78 bits per heavy atom. The fraction of sp³-hybridized carbons (Fsp3) is 0.429. The summed E-state index contributed by atoms with van der Waals surface area (Å²) in [6, 6.07) is 6.49. The van der Waals surface area contributed by atoms with Crippen molar-refractivity contribution in [3.63, 3.8) is 0 Å². The van der Waals surface area contributed by atoms with E-state index in [-0.39, 0.29) is 11.9 Å². The van der Waals surface area contributed by atoms with Crippen LogP contribution in [0.25, 0.3) is 22.5 Å². The molecule has 1 saturated heterocycles. The molecule has 1 atom stereocenters. The maximum atomic E-state index is 15.0. The normalized spacial score (nSPS) is 20.1. The Morgan fingerprint density at radius 2 is 2.04 bits per heavy atom. The van der Waals surface area contributed by atoms with Crippen LogP contribution in [0.2, 0.25) is 0 Å². The number of halogens is 1. The second kappa shape index (κ2) is 6.60. The van der Waals surface area contributed by atoms with Gasteiger partial charge in [-0.15, -0.1) is 0 Å². The van der Waals surface area contributed by atoms with Crippen LogP contribution in [0, 0.1) is 12.7 Å². The highest BCUT2D eigenvalue weighted by Gasteiger charge is 2.25. The third-order valence-electron chi connectivity index (χ3n) is 5.69. The van der Waals surface area contributed by atoms with E-state index in [2.05, 4.69) is 26.7 Å². The van der Waals surface area contributed by atoms with Gasteiger partial charge in [0, 0.05) is 23.4 Å². The van der Waals surface area contributed by atoms with Crippen LogP contribution in [0.5, 0.6) is 0 Å². The third kappa shape index (κ3) is 3.18. The average Bonchev–Trinajstić information content (AvgIpc) is 3.21. The van der Waals surface area contributed by atoms with Crippen LogP contribution < -0.4 is 5.32 Å². The summed E-state index contributed by atoms with van der Waals surface area (Å²) in [6.45, 7) is 2.97. The topological polar surface area (TPSA) is 58.5 Å². The van der Waals surface area contributed by atoms with Gasteiger partial charge < -0.3 is 5.32 Å². The van der Waals surface area contributed by atoms with E-state index in [1.165, 1.54) is 25.7 Å². The van der Waals surface area contributed by atoms with Gasteiger partial charge in [0.2, 0.25) is 0 Å². The monoisotopic (exact) mass is 365 g/mol. The smallest absolute Gasteiger partial charge is 0.133 e. The number of hydrogen-bond donors (Lipinski definition) is 2. The molecule has 3 aromatic rings. The Labute approximate surface area is 158 Å². The quantitative estimate of drug-likeness (QED) is 0.714. The zero-order valence-electron chi connectivity index (χ0n) is 15.5. The van der Waals surface area contributed by atoms with Crippen molar-refractivity contribution in [1.29, 1.82) is 0 Å². The molecule has 2 fully saturated rings. The molecule has 27 heavy (non-hydrogen) atoms. The maximum Gasteiger partial charge on any atom is 0.133 e. The van der Waals surface area contributed by atoms with Gasteiger partial charge in [0.25, 0.3) is 0 Å². The first-order chi connectivity index (χ1) is 13.2. The first-order valence-corrected chi connectivity index (χ1v) is 9.83. The summed E-state index contributed by atoms with van der Waals surface area (Å²) in [5.74, 6) is -0.193. The number of nitrogens with one attached hydrogen (secondary N) is 2. The molecule has 2 aromatic heterocycles. The summed E-state index contributed by atoms with van der Waals surface area (Å²) in [6.07, 6.45) is 9.71.